The standard InChI is InChI=1S/C8H13F3N2O/c1-4(12)6-2-5(8(9,10)11)3-13-7(6)14/h4-6H,2-3,12H2,1H3,(H,13,14). The molecular formula is C8H13F3N2O. The van der Waals surface area contributed by atoms with Crippen LogP contribution < -0.4 is 11.1 Å². The number of hydrogen-bond donors (Lipinski definition) is 2. The third kappa shape index (κ3) is 2.37. The Morgan fingerprint density at radius 2 is 2.14 bits per heavy atom. The van der Waals surface area contributed by atoms with Gasteiger partial charge in [-0.3, -0.25) is 4.79 Å². The molecule has 0 aromatic carbocycles. The first-order valence-electron chi connectivity index (χ1n) is 4.42. The van der Waals surface area contributed by atoms with E-state index in [-0.39, 0.29) is 18.9 Å². The summed E-state index contributed by atoms with van der Waals surface area (Å²) in [4.78, 5) is 11.1. The minimum Gasteiger partial charge on any atom is -0.355 e. The van der Waals surface area contributed by atoms with E-state index in [1.807, 2.05) is 0 Å². The lowest BCUT2D eigenvalue weighted by atomic mass is 9.85. The molecule has 3 nitrogen and oxygen atoms in total. The van der Waals surface area contributed by atoms with Crippen LogP contribution in [0.25, 0.3) is 0 Å². The molecule has 1 amide bonds. The van der Waals surface area contributed by atoms with Crippen LogP contribution in [0.3, 0.4) is 0 Å². The lowest BCUT2D eigenvalue weighted by Gasteiger charge is -2.32. The van der Waals surface area contributed by atoms with E-state index in [9.17, 15) is 18.0 Å². The molecule has 1 fully saturated rings. The molecular weight excluding hydrogens is 197 g/mol. The fourth-order valence-electron chi connectivity index (χ4n) is 1.55. The van der Waals surface area contributed by atoms with Crippen molar-refractivity contribution >= 4 is 5.91 Å². The van der Waals surface area contributed by atoms with Crippen LogP contribution in [0, 0.1) is 11.8 Å². The first kappa shape index (κ1) is 11.3. The van der Waals surface area contributed by atoms with Gasteiger partial charge >= 0.3 is 6.18 Å². The smallest absolute Gasteiger partial charge is 0.355 e. The van der Waals surface area contributed by atoms with Gasteiger partial charge in [-0.1, -0.05) is 0 Å². The summed E-state index contributed by atoms with van der Waals surface area (Å²) in [5, 5.41) is 2.23. The Bertz CT molecular complexity index is 227. The van der Waals surface area contributed by atoms with Crippen molar-refractivity contribution in [3.8, 4) is 0 Å². The Hall–Kier alpha value is -0.780. The number of hydrogen-bond acceptors (Lipinski definition) is 2. The summed E-state index contributed by atoms with van der Waals surface area (Å²) in [5.41, 5.74) is 5.43. The summed E-state index contributed by atoms with van der Waals surface area (Å²) >= 11 is 0. The highest BCUT2D eigenvalue weighted by Gasteiger charge is 2.45. The molecule has 14 heavy (non-hydrogen) atoms. The molecule has 82 valence electrons. The van der Waals surface area contributed by atoms with Crippen molar-refractivity contribution in [3.63, 3.8) is 0 Å². The average molecular weight is 210 g/mol. The fourth-order valence-corrected chi connectivity index (χ4v) is 1.55. The first-order chi connectivity index (χ1) is 6.32. The van der Waals surface area contributed by atoms with Gasteiger partial charge in [0, 0.05) is 12.6 Å². The zero-order valence-corrected chi connectivity index (χ0v) is 7.77. The van der Waals surface area contributed by atoms with Gasteiger partial charge in [0.2, 0.25) is 5.91 Å². The average Bonchev–Trinajstić information content (AvgIpc) is 2.02. The van der Waals surface area contributed by atoms with Crippen molar-refractivity contribution in [2.75, 3.05) is 6.54 Å². The zero-order valence-electron chi connectivity index (χ0n) is 7.77. The molecule has 0 aromatic heterocycles. The molecule has 1 aliphatic heterocycles. The number of carbonyl (C=O) groups is 1. The third-order valence-electron chi connectivity index (χ3n) is 2.50. The number of amides is 1. The highest BCUT2D eigenvalue weighted by molar-refractivity contribution is 5.80. The van der Waals surface area contributed by atoms with Crippen LogP contribution in [0.5, 0.6) is 0 Å². The van der Waals surface area contributed by atoms with Crippen molar-refractivity contribution < 1.29 is 18.0 Å². The molecule has 3 N–H and O–H groups in total. The topological polar surface area (TPSA) is 55.1 Å². The second-order valence-corrected chi connectivity index (χ2v) is 3.68. The molecule has 0 aliphatic carbocycles. The summed E-state index contributed by atoms with van der Waals surface area (Å²) in [7, 11) is 0. The van der Waals surface area contributed by atoms with Crippen molar-refractivity contribution in [3.05, 3.63) is 0 Å². The van der Waals surface area contributed by atoms with Gasteiger partial charge in [-0.2, -0.15) is 13.2 Å². The molecule has 1 rings (SSSR count). The van der Waals surface area contributed by atoms with Gasteiger partial charge < -0.3 is 11.1 Å². The zero-order chi connectivity index (χ0) is 10.9. The minimum absolute atomic E-state index is 0.201. The Labute approximate surface area is 79.8 Å². The minimum atomic E-state index is -4.25. The maximum Gasteiger partial charge on any atom is 0.393 e. The van der Waals surface area contributed by atoms with Crippen LogP contribution in [-0.2, 0) is 4.79 Å². The highest BCUT2D eigenvalue weighted by Crippen LogP contribution is 2.33. The molecule has 1 heterocycles. The Kier molecular flexibility index (Phi) is 3.04. The number of alkyl halides is 3. The van der Waals surface area contributed by atoms with Crippen LogP contribution in [0.15, 0.2) is 0 Å². The van der Waals surface area contributed by atoms with Crippen LogP contribution in [0.1, 0.15) is 13.3 Å². The molecule has 6 heteroatoms. The molecule has 0 spiro atoms. The second kappa shape index (κ2) is 3.76. The Morgan fingerprint density at radius 3 is 2.57 bits per heavy atom. The Morgan fingerprint density at radius 1 is 1.57 bits per heavy atom. The summed E-state index contributed by atoms with van der Waals surface area (Å²) in [6.45, 7) is 1.22. The van der Waals surface area contributed by atoms with Gasteiger partial charge in [0.25, 0.3) is 0 Å². The van der Waals surface area contributed by atoms with E-state index in [1.54, 1.807) is 6.92 Å². The van der Waals surface area contributed by atoms with E-state index in [0.29, 0.717) is 0 Å². The molecule has 3 atom stereocenters. The summed E-state index contributed by atoms with van der Waals surface area (Å²) < 4.78 is 36.9. The van der Waals surface area contributed by atoms with E-state index < -0.39 is 24.1 Å². The lowest BCUT2D eigenvalue weighted by molar-refractivity contribution is -0.184. The molecule has 0 radical (unpaired) electrons. The highest BCUT2D eigenvalue weighted by atomic mass is 19.4. The largest absolute Gasteiger partial charge is 0.393 e. The van der Waals surface area contributed by atoms with Crippen LogP contribution in [0.2, 0.25) is 0 Å². The fraction of sp³-hybridized carbons (Fsp3) is 0.875. The molecule has 1 saturated heterocycles. The SMILES string of the molecule is CC(N)C1CC(C(F)(F)F)CNC1=O. The van der Waals surface area contributed by atoms with Gasteiger partial charge in [0.1, 0.15) is 0 Å². The van der Waals surface area contributed by atoms with Crippen LogP contribution >= 0.6 is 0 Å². The molecule has 1 aliphatic rings. The predicted molar refractivity (Wildman–Crippen MR) is 44.3 cm³/mol. The van der Waals surface area contributed by atoms with Crippen molar-refractivity contribution in [2.45, 2.75) is 25.6 Å². The van der Waals surface area contributed by atoms with E-state index in [2.05, 4.69) is 5.32 Å². The maximum absolute atomic E-state index is 12.3. The lowest BCUT2D eigenvalue weighted by Crippen LogP contribution is -2.51. The monoisotopic (exact) mass is 210 g/mol. The number of carbonyl (C=O) groups excluding carboxylic acids is 1. The quantitative estimate of drug-likeness (QED) is 0.667. The third-order valence-corrected chi connectivity index (χ3v) is 2.50. The maximum atomic E-state index is 12.3. The van der Waals surface area contributed by atoms with Crippen molar-refractivity contribution in [1.82, 2.24) is 5.32 Å². The first-order valence-corrected chi connectivity index (χ1v) is 4.42. The van der Waals surface area contributed by atoms with Crippen LogP contribution in [0.4, 0.5) is 13.2 Å². The normalized spacial score (nSPS) is 31.1. The van der Waals surface area contributed by atoms with Crippen molar-refractivity contribution in [1.29, 1.82) is 0 Å². The van der Waals surface area contributed by atoms with Gasteiger partial charge in [0.05, 0.1) is 11.8 Å². The number of nitrogens with two attached hydrogens (primary N) is 1. The predicted octanol–water partition coefficient (Wildman–Crippen LogP) is 0.648. The van der Waals surface area contributed by atoms with Gasteiger partial charge in [-0.25, -0.2) is 0 Å². The number of rotatable bonds is 1. The van der Waals surface area contributed by atoms with E-state index in [0.717, 1.165) is 0 Å². The van der Waals surface area contributed by atoms with Gasteiger partial charge in [-0.15, -0.1) is 0 Å². The van der Waals surface area contributed by atoms with E-state index >= 15 is 0 Å². The molecule has 0 bridgehead atoms. The summed E-state index contributed by atoms with van der Waals surface area (Å²) in [6, 6.07) is -0.542. The van der Waals surface area contributed by atoms with Gasteiger partial charge in [-0.05, 0) is 13.3 Å². The molecule has 0 saturated carbocycles. The summed E-state index contributed by atoms with van der Waals surface area (Å²) in [6.07, 6.45) is -4.45. The number of halogens is 3. The number of piperidine rings is 1. The Balaban J connectivity index is 2.67. The van der Waals surface area contributed by atoms with Crippen molar-refractivity contribution in [2.24, 2.45) is 17.6 Å². The van der Waals surface area contributed by atoms with E-state index in [4.69, 9.17) is 5.73 Å². The summed E-state index contributed by atoms with van der Waals surface area (Å²) in [5.74, 6) is -2.56. The van der Waals surface area contributed by atoms with Gasteiger partial charge in [0.15, 0.2) is 0 Å². The number of nitrogens with one attached hydrogen (secondary N) is 1. The van der Waals surface area contributed by atoms with Crippen LogP contribution in [-0.4, -0.2) is 24.7 Å². The molecule has 3 unspecified atom stereocenters. The molecule has 0 aromatic rings. The second-order valence-electron chi connectivity index (χ2n) is 3.68. The van der Waals surface area contributed by atoms with E-state index in [1.165, 1.54) is 0 Å².